The normalized spacial score (nSPS) is 29.5. The van der Waals surface area contributed by atoms with Crippen LogP contribution in [0.25, 0.3) is 0 Å². The third kappa shape index (κ3) is 4.04. The molecule has 0 radical (unpaired) electrons. The topological polar surface area (TPSA) is 52.3 Å². The molecule has 4 rings (SSSR count). The maximum absolute atomic E-state index is 15.2. The molecule has 2 N–H and O–H groups in total. The molecule has 2 saturated carbocycles. The van der Waals surface area contributed by atoms with Crippen LogP contribution in [0.2, 0.25) is 0 Å². The number of halogens is 1. The number of nitrogens with two attached hydrogens (primary N) is 1. The Morgan fingerprint density at radius 2 is 1.97 bits per heavy atom. The van der Waals surface area contributed by atoms with Gasteiger partial charge in [0.2, 0.25) is 0 Å². The summed E-state index contributed by atoms with van der Waals surface area (Å²) < 4.78 is 21.0. The Labute approximate surface area is 180 Å². The van der Waals surface area contributed by atoms with E-state index in [0.717, 1.165) is 62.5 Å². The predicted molar refractivity (Wildman–Crippen MR) is 118 cm³/mol. The van der Waals surface area contributed by atoms with Gasteiger partial charge in [0, 0.05) is 17.5 Å². The van der Waals surface area contributed by atoms with Crippen LogP contribution in [0.15, 0.2) is 12.1 Å². The van der Waals surface area contributed by atoms with Crippen molar-refractivity contribution in [3.63, 3.8) is 0 Å². The smallest absolute Gasteiger partial charge is 0.317 e. The van der Waals surface area contributed by atoms with E-state index < -0.39 is 0 Å². The van der Waals surface area contributed by atoms with Crippen molar-refractivity contribution in [2.24, 2.45) is 17.1 Å². The van der Waals surface area contributed by atoms with E-state index in [-0.39, 0.29) is 28.7 Å². The van der Waals surface area contributed by atoms with Crippen molar-refractivity contribution in [2.75, 3.05) is 0 Å². The number of hydrogen-bond donors (Lipinski definition) is 1. The van der Waals surface area contributed by atoms with Gasteiger partial charge in [0.15, 0.2) is 0 Å². The third-order valence-electron chi connectivity index (χ3n) is 8.27. The van der Waals surface area contributed by atoms with E-state index in [2.05, 4.69) is 13.8 Å². The number of rotatable bonds is 7. The van der Waals surface area contributed by atoms with Crippen molar-refractivity contribution >= 4 is 5.97 Å². The Bertz CT molecular complexity index is 787. The fourth-order valence-electron chi connectivity index (χ4n) is 5.95. The molecule has 2 bridgehead atoms. The molecule has 0 saturated heterocycles. The lowest BCUT2D eigenvalue weighted by atomic mass is 9.60. The van der Waals surface area contributed by atoms with Crippen LogP contribution < -0.4 is 10.5 Å². The largest absolute Gasteiger partial charge is 0.426 e. The molecule has 0 aliphatic heterocycles. The third-order valence-corrected chi connectivity index (χ3v) is 8.27. The number of carbonyl (C=O) groups excluding carboxylic acids is 1. The van der Waals surface area contributed by atoms with Gasteiger partial charge in [0.25, 0.3) is 0 Å². The van der Waals surface area contributed by atoms with Crippen LogP contribution in [0.4, 0.5) is 4.39 Å². The Balaban J connectivity index is 1.55. The SMILES string of the molecule is CCCCCCC1(C(=O)Oc2cc(F)c3c(c2)C2(C)CCCCCC(C3)C2N)CC1. The van der Waals surface area contributed by atoms with Gasteiger partial charge in [-0.25, -0.2) is 4.39 Å². The zero-order valence-electron chi connectivity index (χ0n) is 18.8. The van der Waals surface area contributed by atoms with Crippen molar-refractivity contribution in [3.8, 4) is 5.75 Å². The maximum Gasteiger partial charge on any atom is 0.317 e. The summed E-state index contributed by atoms with van der Waals surface area (Å²) in [4.78, 5) is 12.9. The second kappa shape index (κ2) is 8.61. The van der Waals surface area contributed by atoms with Crippen LogP contribution in [-0.4, -0.2) is 12.0 Å². The van der Waals surface area contributed by atoms with Gasteiger partial charge in [-0.2, -0.15) is 0 Å². The molecule has 3 aliphatic rings. The molecule has 4 heteroatoms. The van der Waals surface area contributed by atoms with E-state index >= 15 is 4.39 Å². The lowest BCUT2D eigenvalue weighted by molar-refractivity contribution is -0.140. The van der Waals surface area contributed by atoms with Gasteiger partial charge in [-0.15, -0.1) is 0 Å². The molecule has 166 valence electrons. The van der Waals surface area contributed by atoms with Gasteiger partial charge in [0.1, 0.15) is 11.6 Å². The fraction of sp³-hybridized carbons (Fsp3) is 0.731. The molecular formula is C26H38FNO2. The number of carbonyl (C=O) groups is 1. The molecule has 3 nitrogen and oxygen atoms in total. The van der Waals surface area contributed by atoms with Crippen LogP contribution in [0.5, 0.6) is 5.75 Å². The highest BCUT2D eigenvalue weighted by molar-refractivity contribution is 5.82. The molecule has 2 fully saturated rings. The van der Waals surface area contributed by atoms with Gasteiger partial charge in [-0.3, -0.25) is 4.79 Å². The molecule has 1 aromatic carbocycles. The Morgan fingerprint density at radius 3 is 2.70 bits per heavy atom. The Hall–Kier alpha value is -1.42. The second-order valence-corrected chi connectivity index (χ2v) is 10.4. The lowest BCUT2D eigenvalue weighted by Crippen LogP contribution is -2.53. The summed E-state index contributed by atoms with van der Waals surface area (Å²) in [6.45, 7) is 4.38. The molecule has 1 aromatic rings. The van der Waals surface area contributed by atoms with Crippen LogP contribution in [0, 0.1) is 17.2 Å². The quantitative estimate of drug-likeness (QED) is 0.327. The van der Waals surface area contributed by atoms with Crippen LogP contribution >= 0.6 is 0 Å². The number of hydrogen-bond acceptors (Lipinski definition) is 3. The highest BCUT2D eigenvalue weighted by Gasteiger charge is 2.51. The van der Waals surface area contributed by atoms with Gasteiger partial charge in [-0.05, 0) is 61.6 Å². The molecule has 3 atom stereocenters. The van der Waals surface area contributed by atoms with Crippen molar-refractivity contribution in [1.29, 1.82) is 0 Å². The summed E-state index contributed by atoms with van der Waals surface area (Å²) in [6, 6.07) is 3.40. The molecular weight excluding hydrogens is 377 g/mol. The summed E-state index contributed by atoms with van der Waals surface area (Å²) >= 11 is 0. The first kappa shape index (κ1) is 21.8. The van der Waals surface area contributed by atoms with Crippen LogP contribution in [-0.2, 0) is 16.6 Å². The van der Waals surface area contributed by atoms with Crippen molar-refractivity contribution in [3.05, 3.63) is 29.1 Å². The average molecular weight is 416 g/mol. The van der Waals surface area contributed by atoms with Gasteiger partial charge in [0.05, 0.1) is 5.41 Å². The van der Waals surface area contributed by atoms with Gasteiger partial charge < -0.3 is 10.5 Å². The zero-order valence-corrected chi connectivity index (χ0v) is 18.8. The summed E-state index contributed by atoms with van der Waals surface area (Å²) in [7, 11) is 0. The first-order chi connectivity index (χ1) is 14.4. The fourth-order valence-corrected chi connectivity index (χ4v) is 5.95. The summed E-state index contributed by atoms with van der Waals surface area (Å²) in [6.07, 6.45) is 13.6. The van der Waals surface area contributed by atoms with Crippen LogP contribution in [0.1, 0.15) is 102 Å². The average Bonchev–Trinajstić information content (AvgIpc) is 3.50. The highest BCUT2D eigenvalue weighted by Crippen LogP contribution is 2.52. The Kier molecular flexibility index (Phi) is 6.25. The maximum atomic E-state index is 15.2. The van der Waals surface area contributed by atoms with E-state index in [1.807, 2.05) is 6.07 Å². The standard InChI is InChI=1S/C26H38FNO2/c1-3-4-5-9-12-26(13-14-26)24(29)30-19-16-21-20(22(27)17-19)15-18-10-7-6-8-11-25(21,2)23(18)28/h16-18,23H,3-15,28H2,1-2H3. The van der Waals surface area contributed by atoms with Crippen molar-refractivity contribution < 1.29 is 13.9 Å². The number of fused-ring (bicyclic) bond motifs is 4. The van der Waals surface area contributed by atoms with Crippen molar-refractivity contribution in [2.45, 2.75) is 109 Å². The van der Waals surface area contributed by atoms with E-state index in [1.54, 1.807) is 0 Å². The molecule has 0 aromatic heterocycles. The molecule has 0 heterocycles. The minimum absolute atomic E-state index is 0.0315. The van der Waals surface area contributed by atoms with E-state index in [1.165, 1.54) is 31.7 Å². The molecule has 30 heavy (non-hydrogen) atoms. The van der Waals surface area contributed by atoms with Crippen LogP contribution in [0.3, 0.4) is 0 Å². The predicted octanol–water partition coefficient (Wildman–Crippen LogP) is 6.20. The summed E-state index contributed by atoms with van der Waals surface area (Å²) in [5.41, 5.74) is 7.93. The summed E-state index contributed by atoms with van der Waals surface area (Å²) in [5, 5.41) is 0. The van der Waals surface area contributed by atoms with Gasteiger partial charge >= 0.3 is 5.97 Å². The van der Waals surface area contributed by atoms with E-state index in [4.69, 9.17) is 10.5 Å². The second-order valence-electron chi connectivity index (χ2n) is 10.4. The molecule has 0 amide bonds. The number of benzene rings is 1. The van der Waals surface area contributed by atoms with E-state index in [9.17, 15) is 4.79 Å². The van der Waals surface area contributed by atoms with E-state index in [0.29, 0.717) is 18.1 Å². The number of ether oxygens (including phenoxy) is 1. The highest BCUT2D eigenvalue weighted by atomic mass is 19.1. The monoisotopic (exact) mass is 415 g/mol. The minimum Gasteiger partial charge on any atom is -0.426 e. The zero-order chi connectivity index (χ0) is 21.4. The minimum atomic E-state index is -0.328. The Morgan fingerprint density at radius 1 is 1.17 bits per heavy atom. The molecule has 3 aliphatic carbocycles. The van der Waals surface area contributed by atoms with Gasteiger partial charge in [-0.1, -0.05) is 58.8 Å². The summed E-state index contributed by atoms with van der Waals surface area (Å²) in [5.74, 6) is 0.305. The molecule has 0 spiro atoms. The lowest BCUT2D eigenvalue weighted by Gasteiger charge is -2.47. The van der Waals surface area contributed by atoms with Crippen molar-refractivity contribution in [1.82, 2.24) is 0 Å². The first-order valence-electron chi connectivity index (χ1n) is 12.2. The first-order valence-corrected chi connectivity index (χ1v) is 12.2. The molecule has 3 unspecified atom stereocenters. The number of unbranched alkanes of at least 4 members (excludes halogenated alkanes) is 3. The number of esters is 1.